The lowest BCUT2D eigenvalue weighted by atomic mass is 9.95. The number of methoxy groups -OCH3 is 1. The minimum Gasteiger partial charge on any atom is -0.493 e. The molecule has 0 N–H and O–H groups in total. The van der Waals surface area contributed by atoms with Crippen LogP contribution in [0.4, 0.5) is 0 Å². The van der Waals surface area contributed by atoms with E-state index in [1.807, 2.05) is 18.2 Å². The summed E-state index contributed by atoms with van der Waals surface area (Å²) in [5.41, 5.74) is 0.858. The van der Waals surface area contributed by atoms with Crippen molar-refractivity contribution in [2.75, 3.05) is 13.7 Å². The standard InChI is InChI=1S/C19H26O5/c1-4-23-19(21)16(13(2)20)11-14-9-10-17(22-3)18(12-14)24-15-7-5-6-8-15/h9-10,12,15-16H,4-8,11H2,1-3H3. The molecule has 1 aliphatic rings. The molecule has 1 aromatic carbocycles. The highest BCUT2D eigenvalue weighted by molar-refractivity contribution is 5.98. The third-order valence-electron chi connectivity index (χ3n) is 4.33. The zero-order valence-corrected chi connectivity index (χ0v) is 14.7. The lowest BCUT2D eigenvalue weighted by Gasteiger charge is -2.18. The van der Waals surface area contributed by atoms with Gasteiger partial charge in [-0.2, -0.15) is 0 Å². The molecular formula is C19H26O5. The highest BCUT2D eigenvalue weighted by Crippen LogP contribution is 2.33. The lowest BCUT2D eigenvalue weighted by molar-refractivity contribution is -0.151. The van der Waals surface area contributed by atoms with Gasteiger partial charge in [-0.05, 0) is 63.6 Å². The van der Waals surface area contributed by atoms with Crippen LogP contribution in [-0.4, -0.2) is 31.6 Å². The van der Waals surface area contributed by atoms with Crippen LogP contribution in [0.1, 0.15) is 45.1 Å². The molecule has 0 radical (unpaired) electrons. The second-order valence-electron chi connectivity index (χ2n) is 6.13. The van der Waals surface area contributed by atoms with Crippen molar-refractivity contribution < 1.29 is 23.8 Å². The van der Waals surface area contributed by atoms with E-state index < -0.39 is 11.9 Å². The molecule has 1 atom stereocenters. The zero-order chi connectivity index (χ0) is 17.5. The minimum atomic E-state index is -0.780. The topological polar surface area (TPSA) is 61.8 Å². The maximum atomic E-state index is 12.0. The maximum Gasteiger partial charge on any atom is 0.316 e. The van der Waals surface area contributed by atoms with E-state index in [1.54, 1.807) is 14.0 Å². The molecule has 5 heteroatoms. The van der Waals surface area contributed by atoms with Crippen LogP contribution < -0.4 is 9.47 Å². The number of carbonyl (C=O) groups excluding carboxylic acids is 2. The van der Waals surface area contributed by atoms with E-state index in [1.165, 1.54) is 19.8 Å². The summed E-state index contributed by atoms with van der Waals surface area (Å²) >= 11 is 0. The first-order valence-electron chi connectivity index (χ1n) is 8.55. The van der Waals surface area contributed by atoms with Crippen LogP contribution >= 0.6 is 0 Å². The summed E-state index contributed by atoms with van der Waals surface area (Å²) in [7, 11) is 1.60. The van der Waals surface area contributed by atoms with E-state index in [0.717, 1.165) is 18.4 Å². The molecule has 1 saturated carbocycles. The highest BCUT2D eigenvalue weighted by Gasteiger charge is 2.26. The molecule has 0 bridgehead atoms. The molecule has 1 unspecified atom stereocenters. The number of hydrogen-bond donors (Lipinski definition) is 0. The van der Waals surface area contributed by atoms with Crippen LogP contribution in [-0.2, 0) is 20.7 Å². The lowest BCUT2D eigenvalue weighted by Crippen LogP contribution is -2.26. The first-order chi connectivity index (χ1) is 11.5. The number of Topliss-reactive ketones (excluding diaryl/α,β-unsaturated/α-hetero) is 1. The molecular weight excluding hydrogens is 308 g/mol. The second kappa shape index (κ2) is 8.71. The number of esters is 1. The molecule has 0 saturated heterocycles. The van der Waals surface area contributed by atoms with Gasteiger partial charge < -0.3 is 14.2 Å². The number of benzene rings is 1. The fourth-order valence-corrected chi connectivity index (χ4v) is 3.00. The Hall–Kier alpha value is -2.04. The van der Waals surface area contributed by atoms with E-state index >= 15 is 0 Å². The third kappa shape index (κ3) is 4.73. The Bertz CT molecular complexity index is 575. The average Bonchev–Trinajstić information content (AvgIpc) is 3.05. The Morgan fingerprint density at radius 2 is 1.92 bits per heavy atom. The predicted molar refractivity (Wildman–Crippen MR) is 90.4 cm³/mol. The van der Waals surface area contributed by atoms with Gasteiger partial charge in [0.05, 0.1) is 19.8 Å². The van der Waals surface area contributed by atoms with E-state index in [2.05, 4.69) is 0 Å². The number of ketones is 1. The molecule has 0 heterocycles. The van der Waals surface area contributed by atoms with Gasteiger partial charge in [0.25, 0.3) is 0 Å². The van der Waals surface area contributed by atoms with Gasteiger partial charge in [0.2, 0.25) is 0 Å². The Morgan fingerprint density at radius 1 is 1.21 bits per heavy atom. The summed E-state index contributed by atoms with van der Waals surface area (Å²) in [6.45, 7) is 3.42. The van der Waals surface area contributed by atoms with Crippen molar-refractivity contribution >= 4 is 11.8 Å². The van der Waals surface area contributed by atoms with Crippen molar-refractivity contribution in [2.45, 2.75) is 52.1 Å². The Morgan fingerprint density at radius 3 is 2.50 bits per heavy atom. The maximum absolute atomic E-state index is 12.0. The van der Waals surface area contributed by atoms with Crippen LogP contribution in [0.3, 0.4) is 0 Å². The molecule has 132 valence electrons. The second-order valence-corrected chi connectivity index (χ2v) is 6.13. The van der Waals surface area contributed by atoms with Gasteiger partial charge in [0, 0.05) is 0 Å². The summed E-state index contributed by atoms with van der Waals surface area (Å²) in [6.07, 6.45) is 4.98. The fourth-order valence-electron chi connectivity index (χ4n) is 3.00. The first kappa shape index (κ1) is 18.3. The third-order valence-corrected chi connectivity index (χ3v) is 4.33. The van der Waals surface area contributed by atoms with E-state index in [4.69, 9.17) is 14.2 Å². The van der Waals surface area contributed by atoms with Crippen molar-refractivity contribution in [3.05, 3.63) is 23.8 Å². The fraction of sp³-hybridized carbons (Fsp3) is 0.579. The van der Waals surface area contributed by atoms with Crippen molar-refractivity contribution in [3.63, 3.8) is 0 Å². The van der Waals surface area contributed by atoms with Crippen molar-refractivity contribution in [1.29, 1.82) is 0 Å². The molecule has 2 rings (SSSR count). The van der Waals surface area contributed by atoms with E-state index in [9.17, 15) is 9.59 Å². The van der Waals surface area contributed by atoms with Gasteiger partial charge in [-0.15, -0.1) is 0 Å². The van der Waals surface area contributed by atoms with Gasteiger partial charge in [-0.1, -0.05) is 6.07 Å². The molecule has 0 aromatic heterocycles. The summed E-state index contributed by atoms with van der Waals surface area (Å²) < 4.78 is 16.4. The molecule has 0 aliphatic heterocycles. The molecule has 1 aromatic rings. The Labute approximate surface area is 143 Å². The molecule has 0 amide bonds. The van der Waals surface area contributed by atoms with Crippen molar-refractivity contribution in [2.24, 2.45) is 5.92 Å². The summed E-state index contributed by atoms with van der Waals surface area (Å²) in [4.78, 5) is 23.8. The van der Waals surface area contributed by atoms with Crippen LogP contribution in [0.15, 0.2) is 18.2 Å². The van der Waals surface area contributed by atoms with Crippen molar-refractivity contribution in [3.8, 4) is 11.5 Å². The van der Waals surface area contributed by atoms with Crippen LogP contribution in [0.2, 0.25) is 0 Å². The largest absolute Gasteiger partial charge is 0.493 e. The molecule has 5 nitrogen and oxygen atoms in total. The molecule has 24 heavy (non-hydrogen) atoms. The molecule has 1 aliphatic carbocycles. The number of ether oxygens (including phenoxy) is 3. The van der Waals surface area contributed by atoms with Gasteiger partial charge in [0.15, 0.2) is 11.5 Å². The summed E-state index contributed by atoms with van der Waals surface area (Å²) in [6, 6.07) is 5.55. The quantitative estimate of drug-likeness (QED) is 0.539. The molecule has 1 fully saturated rings. The Kier molecular flexibility index (Phi) is 6.64. The van der Waals surface area contributed by atoms with Gasteiger partial charge in [-0.3, -0.25) is 9.59 Å². The monoisotopic (exact) mass is 334 g/mol. The summed E-state index contributed by atoms with van der Waals surface area (Å²) in [5, 5.41) is 0. The van der Waals surface area contributed by atoms with Gasteiger partial charge >= 0.3 is 5.97 Å². The Balaban J connectivity index is 2.16. The predicted octanol–water partition coefficient (Wildman–Crippen LogP) is 3.33. The highest BCUT2D eigenvalue weighted by atomic mass is 16.5. The number of hydrogen-bond acceptors (Lipinski definition) is 5. The smallest absolute Gasteiger partial charge is 0.316 e. The normalized spacial score (nSPS) is 15.8. The SMILES string of the molecule is CCOC(=O)C(Cc1ccc(OC)c(OC2CCCC2)c1)C(C)=O. The first-order valence-corrected chi connectivity index (χ1v) is 8.55. The van der Waals surface area contributed by atoms with E-state index in [0.29, 0.717) is 17.9 Å². The van der Waals surface area contributed by atoms with E-state index in [-0.39, 0.29) is 18.5 Å². The molecule has 0 spiro atoms. The summed E-state index contributed by atoms with van der Waals surface area (Å²) in [5.74, 6) is -0.103. The van der Waals surface area contributed by atoms with Gasteiger partial charge in [-0.25, -0.2) is 0 Å². The van der Waals surface area contributed by atoms with Crippen LogP contribution in [0, 0.1) is 5.92 Å². The average molecular weight is 334 g/mol. The van der Waals surface area contributed by atoms with Crippen LogP contribution in [0.25, 0.3) is 0 Å². The van der Waals surface area contributed by atoms with Gasteiger partial charge in [0.1, 0.15) is 11.7 Å². The van der Waals surface area contributed by atoms with Crippen molar-refractivity contribution in [1.82, 2.24) is 0 Å². The zero-order valence-electron chi connectivity index (χ0n) is 14.7. The number of carbonyl (C=O) groups is 2. The minimum absolute atomic E-state index is 0.192. The van der Waals surface area contributed by atoms with Crippen LogP contribution in [0.5, 0.6) is 11.5 Å². The number of rotatable bonds is 8.